The number of esters is 1. The highest BCUT2D eigenvalue weighted by Crippen LogP contribution is 2.50. The van der Waals surface area contributed by atoms with Crippen LogP contribution in [-0.2, 0) is 19.4 Å². The van der Waals surface area contributed by atoms with E-state index in [0.717, 1.165) is 0 Å². The maximum Gasteiger partial charge on any atom is 0.306 e. The molecule has 6 heteroatoms. The lowest BCUT2D eigenvalue weighted by Gasteiger charge is -2.30. The summed E-state index contributed by atoms with van der Waals surface area (Å²) < 4.78 is 29.8. The van der Waals surface area contributed by atoms with Crippen molar-refractivity contribution in [3.05, 3.63) is 30.3 Å². The van der Waals surface area contributed by atoms with Crippen molar-refractivity contribution in [1.82, 2.24) is 0 Å². The molecule has 1 aromatic carbocycles. The third-order valence-electron chi connectivity index (χ3n) is 4.85. The van der Waals surface area contributed by atoms with Crippen LogP contribution in [0.1, 0.15) is 32.6 Å². The average Bonchev–Trinajstić information content (AvgIpc) is 2.95. The molecule has 132 valence electrons. The highest BCUT2D eigenvalue weighted by atomic mass is 32.2. The van der Waals surface area contributed by atoms with Gasteiger partial charge in [-0.15, -0.1) is 12.3 Å². The molecule has 0 aromatic heterocycles. The summed E-state index contributed by atoms with van der Waals surface area (Å²) >= 11 is 0. The van der Waals surface area contributed by atoms with Crippen molar-refractivity contribution in [3.63, 3.8) is 0 Å². The Morgan fingerprint density at radius 1 is 1.40 bits per heavy atom. The standard InChI is InChI=1S/C19H21NO4S/c1-3-8-15-11-12-19(14-20,17(15)13-18(21)24-4-2)25(22,23)16-9-6-5-7-10-16/h1,5-7,9-10,15,17H,4,8,11-13H2,2H3/t15-,17+,19-/m0/s1. The molecule has 1 aliphatic rings. The van der Waals surface area contributed by atoms with Crippen LogP contribution in [0, 0.1) is 35.5 Å². The van der Waals surface area contributed by atoms with E-state index in [0.29, 0.717) is 12.8 Å². The molecule has 1 aromatic rings. The number of hydrogen-bond donors (Lipinski definition) is 0. The molecule has 2 rings (SSSR count). The van der Waals surface area contributed by atoms with E-state index in [1.807, 2.05) is 6.07 Å². The van der Waals surface area contributed by atoms with Crippen molar-refractivity contribution < 1.29 is 17.9 Å². The van der Waals surface area contributed by atoms with Crippen molar-refractivity contribution in [2.24, 2.45) is 11.8 Å². The quantitative estimate of drug-likeness (QED) is 0.576. The Bertz CT molecular complexity index is 804. The van der Waals surface area contributed by atoms with Gasteiger partial charge in [-0.25, -0.2) is 8.42 Å². The van der Waals surface area contributed by atoms with Crippen molar-refractivity contribution in [2.45, 2.75) is 42.2 Å². The number of rotatable bonds is 6. The lowest BCUT2D eigenvalue weighted by molar-refractivity contribution is -0.144. The molecule has 0 spiro atoms. The van der Waals surface area contributed by atoms with Gasteiger partial charge < -0.3 is 4.74 Å². The normalized spacial score (nSPS) is 25.7. The average molecular weight is 359 g/mol. The van der Waals surface area contributed by atoms with Gasteiger partial charge in [0.2, 0.25) is 0 Å². The van der Waals surface area contributed by atoms with Crippen LogP contribution in [0.4, 0.5) is 0 Å². The van der Waals surface area contributed by atoms with E-state index in [1.54, 1.807) is 25.1 Å². The summed E-state index contributed by atoms with van der Waals surface area (Å²) in [6, 6.07) is 9.94. The zero-order chi connectivity index (χ0) is 18.5. The molecule has 1 aliphatic carbocycles. The zero-order valence-corrected chi connectivity index (χ0v) is 15.0. The Labute approximate surface area is 148 Å². The molecule has 0 aliphatic heterocycles. The first-order valence-corrected chi connectivity index (χ1v) is 9.71. The van der Waals surface area contributed by atoms with E-state index >= 15 is 0 Å². The van der Waals surface area contributed by atoms with Crippen LogP contribution in [-0.4, -0.2) is 25.7 Å². The molecule has 0 unspecified atom stereocenters. The van der Waals surface area contributed by atoms with Crippen LogP contribution in [0.3, 0.4) is 0 Å². The Morgan fingerprint density at radius 2 is 2.08 bits per heavy atom. The topological polar surface area (TPSA) is 84.2 Å². The second-order valence-electron chi connectivity index (χ2n) is 6.14. The van der Waals surface area contributed by atoms with E-state index in [9.17, 15) is 18.5 Å². The van der Waals surface area contributed by atoms with Crippen molar-refractivity contribution >= 4 is 15.8 Å². The van der Waals surface area contributed by atoms with E-state index in [4.69, 9.17) is 11.2 Å². The van der Waals surface area contributed by atoms with Gasteiger partial charge in [0.05, 0.1) is 24.0 Å². The maximum atomic E-state index is 13.3. The van der Waals surface area contributed by atoms with Crippen LogP contribution >= 0.6 is 0 Å². The Kier molecular flexibility index (Phi) is 5.87. The zero-order valence-electron chi connectivity index (χ0n) is 14.1. The van der Waals surface area contributed by atoms with E-state index in [-0.39, 0.29) is 30.3 Å². The molecular formula is C19H21NO4S. The first-order valence-electron chi connectivity index (χ1n) is 8.23. The summed E-state index contributed by atoms with van der Waals surface area (Å²) in [4.78, 5) is 12.1. The number of sulfone groups is 1. The molecule has 1 saturated carbocycles. The van der Waals surface area contributed by atoms with Crippen molar-refractivity contribution in [2.75, 3.05) is 6.61 Å². The molecule has 0 N–H and O–H groups in total. The second kappa shape index (κ2) is 7.72. The predicted molar refractivity (Wildman–Crippen MR) is 92.9 cm³/mol. The fraction of sp³-hybridized carbons (Fsp3) is 0.474. The number of carbonyl (C=O) groups excluding carboxylic acids is 1. The monoisotopic (exact) mass is 359 g/mol. The fourth-order valence-corrected chi connectivity index (χ4v) is 5.75. The number of nitrogens with zero attached hydrogens (tertiary/aromatic N) is 1. The summed E-state index contributed by atoms with van der Waals surface area (Å²) in [5, 5.41) is 9.88. The number of ether oxygens (including phenoxy) is 1. The Hall–Kier alpha value is -2.31. The minimum absolute atomic E-state index is 0.0896. The highest BCUT2D eigenvalue weighted by Gasteiger charge is 2.58. The van der Waals surface area contributed by atoms with Gasteiger partial charge in [-0.1, -0.05) is 18.2 Å². The molecule has 3 atom stereocenters. The smallest absolute Gasteiger partial charge is 0.306 e. The third-order valence-corrected chi connectivity index (χ3v) is 7.30. The fourth-order valence-electron chi connectivity index (χ4n) is 3.64. The van der Waals surface area contributed by atoms with Gasteiger partial charge >= 0.3 is 5.97 Å². The summed E-state index contributed by atoms with van der Waals surface area (Å²) in [5.41, 5.74) is 0. The number of benzene rings is 1. The second-order valence-corrected chi connectivity index (χ2v) is 8.35. The van der Waals surface area contributed by atoms with Crippen LogP contribution in [0.5, 0.6) is 0 Å². The van der Waals surface area contributed by atoms with Gasteiger partial charge in [-0.05, 0) is 37.8 Å². The van der Waals surface area contributed by atoms with E-state index in [1.165, 1.54) is 12.1 Å². The molecule has 0 amide bonds. The number of nitriles is 1. The third kappa shape index (κ3) is 3.41. The first-order chi connectivity index (χ1) is 11.9. The molecule has 1 fully saturated rings. The first kappa shape index (κ1) is 19.0. The highest BCUT2D eigenvalue weighted by molar-refractivity contribution is 7.93. The summed E-state index contributed by atoms with van der Waals surface area (Å²) in [6.45, 7) is 1.89. The van der Waals surface area contributed by atoms with Crippen LogP contribution in [0.15, 0.2) is 35.2 Å². The van der Waals surface area contributed by atoms with Crippen LogP contribution in [0.2, 0.25) is 0 Å². The number of hydrogen-bond acceptors (Lipinski definition) is 5. The van der Waals surface area contributed by atoms with Gasteiger partial charge in [0.15, 0.2) is 14.6 Å². The molecule has 0 radical (unpaired) electrons. The van der Waals surface area contributed by atoms with Gasteiger partial charge in [0.25, 0.3) is 0 Å². The molecule has 25 heavy (non-hydrogen) atoms. The molecule has 0 heterocycles. The lowest BCUT2D eigenvalue weighted by Crippen LogP contribution is -2.43. The van der Waals surface area contributed by atoms with Gasteiger partial charge in [0, 0.05) is 12.3 Å². The van der Waals surface area contributed by atoms with Crippen molar-refractivity contribution in [1.29, 1.82) is 5.26 Å². The summed E-state index contributed by atoms with van der Waals surface area (Å²) in [5.74, 6) is 1.16. The van der Waals surface area contributed by atoms with Crippen LogP contribution in [0.25, 0.3) is 0 Å². The van der Waals surface area contributed by atoms with Gasteiger partial charge in [-0.2, -0.15) is 5.26 Å². The van der Waals surface area contributed by atoms with E-state index in [2.05, 4.69) is 5.92 Å². The number of terminal acetylenes is 1. The minimum Gasteiger partial charge on any atom is -0.466 e. The predicted octanol–water partition coefficient (Wildman–Crippen LogP) is 2.73. The van der Waals surface area contributed by atoms with Crippen molar-refractivity contribution in [3.8, 4) is 18.4 Å². The molecular weight excluding hydrogens is 338 g/mol. The Morgan fingerprint density at radius 3 is 2.64 bits per heavy atom. The van der Waals surface area contributed by atoms with Crippen LogP contribution < -0.4 is 0 Å². The summed E-state index contributed by atoms with van der Waals surface area (Å²) in [6.07, 6.45) is 6.28. The minimum atomic E-state index is -3.95. The molecule has 5 nitrogen and oxygen atoms in total. The Balaban J connectivity index is 2.51. The summed E-state index contributed by atoms with van der Waals surface area (Å²) in [7, 11) is -3.95. The van der Waals surface area contributed by atoms with Gasteiger partial charge in [0.1, 0.15) is 0 Å². The maximum absolute atomic E-state index is 13.3. The molecule has 0 saturated heterocycles. The lowest BCUT2D eigenvalue weighted by atomic mass is 9.85. The SMILES string of the molecule is C#CC[C@H]1CC[C@@](C#N)(S(=O)(=O)c2ccccc2)[C@@H]1CC(=O)OCC. The molecule has 0 bridgehead atoms. The number of carbonyl (C=O) groups is 1. The largest absolute Gasteiger partial charge is 0.466 e. The van der Waals surface area contributed by atoms with E-state index < -0.39 is 26.5 Å². The van der Waals surface area contributed by atoms with Gasteiger partial charge in [-0.3, -0.25) is 4.79 Å².